The van der Waals surface area contributed by atoms with E-state index in [1.54, 1.807) is 37.4 Å². The molecule has 2 amide bonds. The van der Waals surface area contributed by atoms with Gasteiger partial charge < -0.3 is 10.6 Å². The first-order valence-electron chi connectivity index (χ1n) is 7.97. The summed E-state index contributed by atoms with van der Waals surface area (Å²) < 4.78 is 0. The van der Waals surface area contributed by atoms with Gasteiger partial charge in [-0.05, 0) is 29.8 Å². The highest BCUT2D eigenvalue weighted by molar-refractivity contribution is 6.10. The average Bonchev–Trinajstić information content (AvgIpc) is 2.68. The van der Waals surface area contributed by atoms with Crippen molar-refractivity contribution < 1.29 is 9.59 Å². The fourth-order valence-corrected chi connectivity index (χ4v) is 2.68. The molecule has 0 aliphatic heterocycles. The van der Waals surface area contributed by atoms with Crippen LogP contribution in [0.4, 0.5) is 5.69 Å². The molecule has 3 aromatic rings. The summed E-state index contributed by atoms with van der Waals surface area (Å²) in [6.07, 6.45) is 0. The number of carbonyl (C=O) groups excluding carboxylic acids is 2. The number of amides is 2. The van der Waals surface area contributed by atoms with Crippen molar-refractivity contribution in [3.63, 3.8) is 0 Å². The molecule has 0 unspecified atom stereocenters. The summed E-state index contributed by atoms with van der Waals surface area (Å²) in [5.74, 6) is -0.415. The van der Waals surface area contributed by atoms with Crippen molar-refractivity contribution in [2.24, 2.45) is 0 Å². The SMILES string of the molecule is CNC(=O)c1cccc(NC(=O)c2ccccc2)c1-c1ccccc1. The molecule has 0 heterocycles. The number of rotatable bonds is 4. The van der Waals surface area contributed by atoms with Crippen molar-refractivity contribution in [3.05, 3.63) is 90.0 Å². The summed E-state index contributed by atoms with van der Waals surface area (Å²) in [4.78, 5) is 24.8. The van der Waals surface area contributed by atoms with E-state index in [4.69, 9.17) is 0 Å². The van der Waals surface area contributed by atoms with E-state index in [0.717, 1.165) is 5.56 Å². The fraction of sp³-hybridized carbons (Fsp3) is 0.0476. The summed E-state index contributed by atoms with van der Waals surface area (Å²) in [6, 6.07) is 23.8. The van der Waals surface area contributed by atoms with Crippen molar-refractivity contribution in [1.29, 1.82) is 0 Å². The Bertz CT molecular complexity index is 890. The Morgan fingerprint density at radius 2 is 1.36 bits per heavy atom. The summed E-state index contributed by atoms with van der Waals surface area (Å²) >= 11 is 0. The quantitative estimate of drug-likeness (QED) is 0.760. The van der Waals surface area contributed by atoms with Crippen LogP contribution < -0.4 is 10.6 Å². The first kappa shape index (κ1) is 16.5. The highest BCUT2D eigenvalue weighted by Crippen LogP contribution is 2.32. The Labute approximate surface area is 146 Å². The molecule has 2 N–H and O–H groups in total. The van der Waals surface area contributed by atoms with E-state index in [9.17, 15) is 9.59 Å². The van der Waals surface area contributed by atoms with Crippen LogP contribution in [-0.2, 0) is 0 Å². The van der Waals surface area contributed by atoms with Crippen molar-refractivity contribution in [2.75, 3.05) is 12.4 Å². The van der Waals surface area contributed by atoms with Crippen LogP contribution in [0.1, 0.15) is 20.7 Å². The Hall–Kier alpha value is -3.40. The van der Waals surface area contributed by atoms with Crippen LogP contribution in [0.25, 0.3) is 11.1 Å². The van der Waals surface area contributed by atoms with Gasteiger partial charge in [-0.3, -0.25) is 9.59 Å². The summed E-state index contributed by atoms with van der Waals surface area (Å²) in [5.41, 5.74) is 3.24. The largest absolute Gasteiger partial charge is 0.355 e. The topological polar surface area (TPSA) is 58.2 Å². The molecular formula is C21H18N2O2. The average molecular weight is 330 g/mol. The van der Waals surface area contributed by atoms with Crippen molar-refractivity contribution >= 4 is 17.5 Å². The van der Waals surface area contributed by atoms with Crippen LogP contribution in [-0.4, -0.2) is 18.9 Å². The smallest absolute Gasteiger partial charge is 0.255 e. The molecule has 3 aromatic carbocycles. The minimum absolute atomic E-state index is 0.199. The summed E-state index contributed by atoms with van der Waals surface area (Å²) in [7, 11) is 1.59. The molecular weight excluding hydrogens is 312 g/mol. The summed E-state index contributed by atoms with van der Waals surface area (Å²) in [6.45, 7) is 0. The van der Waals surface area contributed by atoms with Crippen molar-refractivity contribution in [2.45, 2.75) is 0 Å². The lowest BCUT2D eigenvalue weighted by molar-refractivity contribution is 0.0962. The molecule has 0 radical (unpaired) electrons. The first-order valence-corrected chi connectivity index (χ1v) is 7.97. The van der Waals surface area contributed by atoms with Crippen LogP contribution in [0, 0.1) is 0 Å². The molecule has 0 atom stereocenters. The van der Waals surface area contributed by atoms with Crippen LogP contribution in [0.2, 0.25) is 0 Å². The lowest BCUT2D eigenvalue weighted by atomic mass is 9.96. The maximum Gasteiger partial charge on any atom is 0.255 e. The van der Waals surface area contributed by atoms with Crippen molar-refractivity contribution in [3.8, 4) is 11.1 Å². The molecule has 0 fully saturated rings. The van der Waals surface area contributed by atoms with E-state index >= 15 is 0 Å². The standard InChI is InChI=1S/C21H18N2O2/c1-22-21(25)17-13-8-14-18(19(17)15-9-4-2-5-10-15)23-20(24)16-11-6-3-7-12-16/h2-14H,1H3,(H,22,25)(H,23,24). The van der Waals surface area contributed by atoms with E-state index in [1.165, 1.54) is 0 Å². The number of carbonyl (C=O) groups is 2. The van der Waals surface area contributed by atoms with Gasteiger partial charge in [0, 0.05) is 29.4 Å². The molecule has 0 bridgehead atoms. The highest BCUT2D eigenvalue weighted by atomic mass is 16.2. The van der Waals surface area contributed by atoms with Gasteiger partial charge in [0.1, 0.15) is 0 Å². The van der Waals surface area contributed by atoms with E-state index in [0.29, 0.717) is 22.4 Å². The van der Waals surface area contributed by atoms with Crippen LogP contribution in [0.5, 0.6) is 0 Å². The molecule has 0 spiro atoms. The van der Waals surface area contributed by atoms with Gasteiger partial charge in [0.15, 0.2) is 0 Å². The van der Waals surface area contributed by atoms with E-state index in [2.05, 4.69) is 10.6 Å². The number of nitrogens with one attached hydrogen (secondary N) is 2. The van der Waals surface area contributed by atoms with Gasteiger partial charge in [-0.25, -0.2) is 0 Å². The van der Waals surface area contributed by atoms with Crippen LogP contribution in [0.3, 0.4) is 0 Å². The maximum absolute atomic E-state index is 12.5. The zero-order chi connectivity index (χ0) is 17.6. The molecule has 4 nitrogen and oxygen atoms in total. The zero-order valence-corrected chi connectivity index (χ0v) is 13.8. The second-order valence-electron chi connectivity index (χ2n) is 5.49. The maximum atomic E-state index is 12.5. The minimum atomic E-state index is -0.216. The van der Waals surface area contributed by atoms with Gasteiger partial charge in [0.25, 0.3) is 11.8 Å². The van der Waals surface area contributed by atoms with Crippen molar-refractivity contribution in [1.82, 2.24) is 5.32 Å². The van der Waals surface area contributed by atoms with Gasteiger partial charge in [0.05, 0.1) is 0 Å². The van der Waals surface area contributed by atoms with Gasteiger partial charge in [-0.1, -0.05) is 54.6 Å². The van der Waals surface area contributed by atoms with E-state index in [1.807, 2.05) is 48.5 Å². The third kappa shape index (κ3) is 3.58. The molecule has 0 aliphatic rings. The monoisotopic (exact) mass is 330 g/mol. The number of hydrogen-bond acceptors (Lipinski definition) is 2. The predicted octanol–water partition coefficient (Wildman–Crippen LogP) is 3.97. The van der Waals surface area contributed by atoms with Gasteiger partial charge in [0.2, 0.25) is 0 Å². The second kappa shape index (κ2) is 7.45. The number of hydrogen-bond donors (Lipinski definition) is 2. The van der Waals surface area contributed by atoms with Gasteiger partial charge in [-0.15, -0.1) is 0 Å². The highest BCUT2D eigenvalue weighted by Gasteiger charge is 2.17. The predicted molar refractivity (Wildman–Crippen MR) is 99.7 cm³/mol. The molecule has 25 heavy (non-hydrogen) atoms. The Kier molecular flexibility index (Phi) is 4.90. The Balaban J connectivity index is 2.07. The third-order valence-electron chi connectivity index (χ3n) is 3.88. The molecule has 0 saturated carbocycles. The number of benzene rings is 3. The van der Waals surface area contributed by atoms with E-state index < -0.39 is 0 Å². The Morgan fingerprint density at radius 3 is 2.00 bits per heavy atom. The molecule has 124 valence electrons. The zero-order valence-electron chi connectivity index (χ0n) is 13.8. The van der Waals surface area contributed by atoms with Gasteiger partial charge in [-0.2, -0.15) is 0 Å². The molecule has 4 heteroatoms. The third-order valence-corrected chi connectivity index (χ3v) is 3.88. The molecule has 0 aliphatic carbocycles. The van der Waals surface area contributed by atoms with Crippen LogP contribution in [0.15, 0.2) is 78.9 Å². The lowest BCUT2D eigenvalue weighted by Gasteiger charge is -2.15. The second-order valence-corrected chi connectivity index (χ2v) is 5.49. The number of anilines is 1. The normalized spacial score (nSPS) is 10.1. The molecule has 0 saturated heterocycles. The summed E-state index contributed by atoms with van der Waals surface area (Å²) in [5, 5.41) is 5.58. The van der Waals surface area contributed by atoms with Crippen LogP contribution >= 0.6 is 0 Å². The molecule has 3 rings (SSSR count). The molecule has 0 aromatic heterocycles. The minimum Gasteiger partial charge on any atom is -0.355 e. The van der Waals surface area contributed by atoms with E-state index in [-0.39, 0.29) is 11.8 Å². The first-order chi connectivity index (χ1) is 12.2. The Morgan fingerprint density at radius 1 is 0.720 bits per heavy atom. The lowest BCUT2D eigenvalue weighted by Crippen LogP contribution is -2.20. The fourth-order valence-electron chi connectivity index (χ4n) is 2.68. The van der Waals surface area contributed by atoms with Gasteiger partial charge >= 0.3 is 0 Å².